The lowest BCUT2D eigenvalue weighted by Crippen LogP contribution is -2.14. The van der Waals surface area contributed by atoms with Crippen molar-refractivity contribution in [1.82, 2.24) is 0 Å². The molecule has 238 valence electrons. The van der Waals surface area contributed by atoms with E-state index in [1.54, 1.807) is 0 Å². The number of hydrogen-bond acceptors (Lipinski definition) is 1. The lowest BCUT2D eigenvalue weighted by molar-refractivity contribution is 0.660. The van der Waals surface area contributed by atoms with Gasteiger partial charge < -0.3 is 4.90 Å². The molecular weight excluding hydrogens is 603 g/mol. The molecule has 9 rings (SSSR count). The summed E-state index contributed by atoms with van der Waals surface area (Å²) < 4.78 is 0. The molecule has 0 unspecified atom stereocenters. The van der Waals surface area contributed by atoms with Crippen LogP contribution in [0.15, 0.2) is 188 Å². The molecule has 1 nitrogen and oxygen atoms in total. The van der Waals surface area contributed by atoms with Crippen LogP contribution in [0, 0.1) is 0 Å². The summed E-state index contributed by atoms with van der Waals surface area (Å²) >= 11 is 0. The minimum Gasteiger partial charge on any atom is -0.310 e. The van der Waals surface area contributed by atoms with Gasteiger partial charge in [0.05, 0.1) is 5.69 Å². The van der Waals surface area contributed by atoms with Crippen molar-refractivity contribution in [3.63, 3.8) is 0 Å². The van der Waals surface area contributed by atoms with Crippen LogP contribution >= 0.6 is 0 Å². The van der Waals surface area contributed by atoms with E-state index < -0.39 is 0 Å². The molecular formula is C49H37N. The summed E-state index contributed by atoms with van der Waals surface area (Å²) in [6.45, 7) is 4.70. The van der Waals surface area contributed by atoms with Crippen LogP contribution in [0.1, 0.15) is 25.0 Å². The molecule has 0 saturated carbocycles. The first-order valence-electron chi connectivity index (χ1n) is 17.4. The number of nitrogens with zero attached hydrogens (tertiary/aromatic N) is 1. The molecule has 1 aliphatic rings. The van der Waals surface area contributed by atoms with Gasteiger partial charge in [0.2, 0.25) is 0 Å². The van der Waals surface area contributed by atoms with Crippen molar-refractivity contribution >= 4 is 27.8 Å². The Hall–Kier alpha value is -6.18. The van der Waals surface area contributed by atoms with E-state index in [2.05, 4.69) is 207 Å². The summed E-state index contributed by atoms with van der Waals surface area (Å²) in [7, 11) is 0. The van der Waals surface area contributed by atoms with E-state index in [9.17, 15) is 0 Å². The normalized spacial score (nSPS) is 12.8. The van der Waals surface area contributed by atoms with Crippen LogP contribution in [0.4, 0.5) is 17.1 Å². The first-order valence-corrected chi connectivity index (χ1v) is 17.4. The van der Waals surface area contributed by atoms with Crippen LogP contribution in [0.25, 0.3) is 55.3 Å². The molecule has 0 aliphatic heterocycles. The second-order valence-electron chi connectivity index (χ2n) is 13.8. The summed E-state index contributed by atoms with van der Waals surface area (Å²) in [5.41, 5.74) is 16.2. The average molecular weight is 640 g/mol. The summed E-state index contributed by atoms with van der Waals surface area (Å²) in [5.74, 6) is 0. The van der Waals surface area contributed by atoms with Crippen LogP contribution in [0.5, 0.6) is 0 Å². The Morgan fingerprint density at radius 1 is 0.380 bits per heavy atom. The van der Waals surface area contributed by atoms with Gasteiger partial charge in [-0.3, -0.25) is 0 Å². The van der Waals surface area contributed by atoms with Crippen LogP contribution in [-0.4, -0.2) is 0 Å². The quantitative estimate of drug-likeness (QED) is 0.175. The van der Waals surface area contributed by atoms with Gasteiger partial charge in [-0.25, -0.2) is 0 Å². The molecule has 0 fully saturated rings. The van der Waals surface area contributed by atoms with Gasteiger partial charge in [-0.1, -0.05) is 172 Å². The van der Waals surface area contributed by atoms with E-state index in [1.807, 2.05) is 0 Å². The van der Waals surface area contributed by atoms with Crippen molar-refractivity contribution in [2.24, 2.45) is 0 Å². The fourth-order valence-electron chi connectivity index (χ4n) is 7.93. The molecule has 1 heteroatoms. The summed E-state index contributed by atoms with van der Waals surface area (Å²) in [6.07, 6.45) is 0. The molecule has 1 aliphatic carbocycles. The minimum atomic E-state index is -0.0435. The molecule has 8 aromatic carbocycles. The number of fused-ring (bicyclic) bond motifs is 4. The summed E-state index contributed by atoms with van der Waals surface area (Å²) in [5, 5.41) is 2.44. The van der Waals surface area contributed by atoms with Crippen molar-refractivity contribution in [3.8, 4) is 44.5 Å². The van der Waals surface area contributed by atoms with Gasteiger partial charge in [-0.2, -0.15) is 0 Å². The molecule has 0 saturated heterocycles. The standard InChI is InChI=1S/C49H37N/c1-49(2)45-22-9-8-20-44(45)48-43(21-12-23-46(48)49)39-17-10-18-41(33-39)50(47-24-11-16-38-15-6-7-19-42(38)47)40-31-29-37(30-32-40)36-27-25-35(26-28-36)34-13-4-3-5-14-34/h3-33H,1-2H3. The van der Waals surface area contributed by atoms with Gasteiger partial charge in [-0.05, 0) is 91.4 Å². The number of benzene rings is 8. The topological polar surface area (TPSA) is 3.24 Å². The first-order chi connectivity index (χ1) is 24.6. The van der Waals surface area contributed by atoms with Crippen molar-refractivity contribution in [3.05, 3.63) is 199 Å². The van der Waals surface area contributed by atoms with Gasteiger partial charge in [0.1, 0.15) is 0 Å². The molecule has 0 aromatic heterocycles. The highest BCUT2D eigenvalue weighted by Crippen LogP contribution is 2.52. The predicted molar refractivity (Wildman–Crippen MR) is 213 cm³/mol. The van der Waals surface area contributed by atoms with E-state index in [0.717, 1.165) is 17.1 Å². The number of anilines is 3. The van der Waals surface area contributed by atoms with E-state index >= 15 is 0 Å². The average Bonchev–Trinajstić information content (AvgIpc) is 3.42. The molecule has 0 atom stereocenters. The van der Waals surface area contributed by atoms with Crippen LogP contribution in [0.2, 0.25) is 0 Å². The van der Waals surface area contributed by atoms with Crippen LogP contribution in [-0.2, 0) is 5.41 Å². The third kappa shape index (κ3) is 5.02. The number of rotatable bonds is 6. The van der Waals surface area contributed by atoms with E-state index in [1.165, 1.54) is 66.4 Å². The zero-order chi connectivity index (χ0) is 33.7. The molecule has 0 radical (unpaired) electrons. The van der Waals surface area contributed by atoms with E-state index in [-0.39, 0.29) is 5.41 Å². The maximum absolute atomic E-state index is 2.41. The maximum Gasteiger partial charge on any atom is 0.0540 e. The Labute approximate surface area is 294 Å². The molecule has 0 bridgehead atoms. The summed E-state index contributed by atoms with van der Waals surface area (Å²) in [4.78, 5) is 2.41. The monoisotopic (exact) mass is 639 g/mol. The van der Waals surface area contributed by atoms with Gasteiger partial charge in [0, 0.05) is 22.2 Å². The lowest BCUT2D eigenvalue weighted by atomic mass is 9.82. The molecule has 0 heterocycles. The van der Waals surface area contributed by atoms with Gasteiger partial charge in [0.15, 0.2) is 0 Å². The predicted octanol–water partition coefficient (Wildman–Crippen LogP) is 13.6. The Kier molecular flexibility index (Phi) is 7.21. The first kappa shape index (κ1) is 29.9. The Bertz CT molecular complexity index is 2480. The SMILES string of the molecule is CC1(C)c2ccccc2-c2c(-c3cccc(N(c4ccc(-c5ccc(-c6ccccc6)cc5)cc4)c4cccc5ccccc45)c3)cccc21. The molecule has 8 aromatic rings. The zero-order valence-electron chi connectivity index (χ0n) is 28.3. The van der Waals surface area contributed by atoms with Crippen molar-refractivity contribution in [2.45, 2.75) is 19.3 Å². The van der Waals surface area contributed by atoms with Crippen LogP contribution in [0.3, 0.4) is 0 Å². The fraction of sp³-hybridized carbons (Fsp3) is 0.0612. The van der Waals surface area contributed by atoms with Crippen molar-refractivity contribution in [1.29, 1.82) is 0 Å². The maximum atomic E-state index is 2.41. The second-order valence-corrected chi connectivity index (χ2v) is 13.8. The highest BCUT2D eigenvalue weighted by atomic mass is 15.1. The summed E-state index contributed by atoms with van der Waals surface area (Å²) in [6, 6.07) is 68.5. The van der Waals surface area contributed by atoms with Crippen LogP contribution < -0.4 is 4.90 Å². The molecule has 0 spiro atoms. The Morgan fingerprint density at radius 3 is 1.70 bits per heavy atom. The Balaban J connectivity index is 1.15. The fourth-order valence-corrected chi connectivity index (χ4v) is 7.93. The highest BCUT2D eigenvalue weighted by molar-refractivity contribution is 6.00. The lowest BCUT2D eigenvalue weighted by Gasteiger charge is -2.28. The smallest absolute Gasteiger partial charge is 0.0540 e. The largest absolute Gasteiger partial charge is 0.310 e. The van der Waals surface area contributed by atoms with Crippen molar-refractivity contribution in [2.75, 3.05) is 4.90 Å². The third-order valence-electron chi connectivity index (χ3n) is 10.5. The van der Waals surface area contributed by atoms with Crippen molar-refractivity contribution < 1.29 is 0 Å². The molecule has 50 heavy (non-hydrogen) atoms. The van der Waals surface area contributed by atoms with E-state index in [4.69, 9.17) is 0 Å². The third-order valence-corrected chi connectivity index (χ3v) is 10.5. The zero-order valence-corrected chi connectivity index (χ0v) is 28.3. The second kappa shape index (κ2) is 12.1. The van der Waals surface area contributed by atoms with Gasteiger partial charge in [0.25, 0.3) is 0 Å². The van der Waals surface area contributed by atoms with E-state index in [0.29, 0.717) is 0 Å². The van der Waals surface area contributed by atoms with Gasteiger partial charge >= 0.3 is 0 Å². The number of hydrogen-bond donors (Lipinski definition) is 0. The highest BCUT2D eigenvalue weighted by Gasteiger charge is 2.36. The Morgan fingerprint density at radius 2 is 0.920 bits per heavy atom. The minimum absolute atomic E-state index is 0.0435. The van der Waals surface area contributed by atoms with Gasteiger partial charge in [-0.15, -0.1) is 0 Å². The molecule has 0 amide bonds. The molecule has 0 N–H and O–H groups in total.